The number of ether oxygens (including phenoxy) is 2. The lowest BCUT2D eigenvalue weighted by Gasteiger charge is -2.28. The van der Waals surface area contributed by atoms with E-state index in [4.69, 9.17) is 29.0 Å². The van der Waals surface area contributed by atoms with Gasteiger partial charge in [-0.2, -0.15) is 0 Å². The van der Waals surface area contributed by atoms with Gasteiger partial charge in [0, 0.05) is 11.3 Å². The van der Waals surface area contributed by atoms with Gasteiger partial charge in [-0.15, -0.1) is 0 Å². The molecule has 1 amide bonds. The van der Waals surface area contributed by atoms with E-state index < -0.39 is 29.7 Å². The molecule has 2 aromatic carbocycles. The molecule has 7 rings (SSSR count). The number of esters is 1. The number of methoxy groups -OCH3 is 1. The van der Waals surface area contributed by atoms with Crippen LogP contribution in [-0.2, 0) is 21.4 Å². The van der Waals surface area contributed by atoms with Crippen LogP contribution in [0.3, 0.4) is 0 Å². The van der Waals surface area contributed by atoms with Crippen LogP contribution in [0.2, 0.25) is 0 Å². The van der Waals surface area contributed by atoms with Crippen LogP contribution >= 0.6 is 0 Å². The summed E-state index contributed by atoms with van der Waals surface area (Å²) in [7, 11) is 1.28. The van der Waals surface area contributed by atoms with Crippen LogP contribution in [0.15, 0.2) is 51.3 Å². The zero-order valence-corrected chi connectivity index (χ0v) is 23.0. The van der Waals surface area contributed by atoms with Gasteiger partial charge < -0.3 is 34.7 Å². The number of carbonyl (C=O) groups is 2. The lowest BCUT2D eigenvalue weighted by atomic mass is 9.72. The van der Waals surface area contributed by atoms with Gasteiger partial charge in [0.05, 0.1) is 13.2 Å². The van der Waals surface area contributed by atoms with Gasteiger partial charge in [-0.05, 0) is 42.5 Å². The number of nitrogens with two attached hydrogens (primary N) is 1. The van der Waals surface area contributed by atoms with E-state index >= 15 is 0 Å². The summed E-state index contributed by atoms with van der Waals surface area (Å²) in [5, 5.41) is 6.56. The molecule has 41 heavy (non-hydrogen) atoms. The SMILES string of the molecule is COC(=O)c1nc(-c2nc3oc2[C@@]24c5ccccc5NC2Oc2ccc(cc24)C[C@H](N)C(=O)N[C@H]3C(C)C)oc1C. The number of amides is 1. The Kier molecular flexibility index (Phi) is 5.52. The van der Waals surface area contributed by atoms with E-state index in [-0.39, 0.29) is 35.1 Å². The fourth-order valence-electron chi connectivity index (χ4n) is 6.14. The highest BCUT2D eigenvalue weighted by Crippen LogP contribution is 2.59. The largest absolute Gasteiger partial charge is 0.469 e. The van der Waals surface area contributed by atoms with Crippen molar-refractivity contribution in [3.63, 3.8) is 0 Å². The number of nitrogens with zero attached hydrogens (tertiary/aromatic N) is 2. The van der Waals surface area contributed by atoms with Crippen molar-refractivity contribution in [2.45, 2.75) is 50.9 Å². The third-order valence-corrected chi connectivity index (χ3v) is 8.15. The quantitative estimate of drug-likeness (QED) is 0.319. The molecule has 5 heterocycles. The summed E-state index contributed by atoms with van der Waals surface area (Å²) in [4.78, 5) is 35.1. The molecule has 11 heteroatoms. The Balaban J connectivity index is 1.57. The molecule has 4 atom stereocenters. The molecule has 0 saturated heterocycles. The predicted molar refractivity (Wildman–Crippen MR) is 146 cm³/mol. The summed E-state index contributed by atoms with van der Waals surface area (Å²) in [5.41, 5.74) is 9.26. The van der Waals surface area contributed by atoms with E-state index in [1.54, 1.807) is 6.92 Å². The highest BCUT2D eigenvalue weighted by Gasteiger charge is 2.61. The first-order valence-electron chi connectivity index (χ1n) is 13.5. The average molecular weight is 556 g/mol. The van der Waals surface area contributed by atoms with Crippen molar-refractivity contribution in [2.75, 3.05) is 12.4 Å². The molecular weight excluding hydrogens is 526 g/mol. The molecule has 2 aromatic heterocycles. The van der Waals surface area contributed by atoms with E-state index in [9.17, 15) is 9.59 Å². The van der Waals surface area contributed by atoms with Crippen molar-refractivity contribution in [1.82, 2.24) is 15.3 Å². The molecule has 0 fully saturated rings. The van der Waals surface area contributed by atoms with E-state index in [1.165, 1.54) is 7.11 Å². The molecule has 3 aliphatic rings. The number of carbonyl (C=O) groups excluding carboxylic acids is 2. The van der Waals surface area contributed by atoms with Crippen molar-refractivity contribution in [1.29, 1.82) is 0 Å². The normalized spacial score (nSPS) is 24.0. The Morgan fingerprint density at radius 1 is 1.12 bits per heavy atom. The van der Waals surface area contributed by atoms with E-state index in [2.05, 4.69) is 15.6 Å². The molecule has 4 bridgehead atoms. The lowest BCUT2D eigenvalue weighted by Crippen LogP contribution is -2.45. The number of hydrogen-bond donors (Lipinski definition) is 3. The number of hydrogen-bond acceptors (Lipinski definition) is 10. The second kappa shape index (κ2) is 8.93. The molecule has 0 radical (unpaired) electrons. The summed E-state index contributed by atoms with van der Waals surface area (Å²) in [5.74, 6) is 0.692. The van der Waals surface area contributed by atoms with E-state index in [0.717, 1.165) is 22.4 Å². The minimum absolute atomic E-state index is 0.0416. The highest BCUT2D eigenvalue weighted by atomic mass is 16.5. The molecule has 3 aliphatic heterocycles. The Bertz CT molecular complexity index is 1720. The number of para-hydroxylation sites is 1. The Hall–Kier alpha value is -4.64. The van der Waals surface area contributed by atoms with Gasteiger partial charge in [-0.1, -0.05) is 44.2 Å². The van der Waals surface area contributed by atoms with Gasteiger partial charge >= 0.3 is 5.97 Å². The topological polar surface area (TPSA) is 155 Å². The molecule has 1 spiro atoms. The summed E-state index contributed by atoms with van der Waals surface area (Å²) < 4.78 is 24.2. The van der Waals surface area contributed by atoms with Gasteiger partial charge in [-0.3, -0.25) is 4.79 Å². The molecule has 4 N–H and O–H groups in total. The van der Waals surface area contributed by atoms with Crippen molar-refractivity contribution in [3.8, 4) is 17.3 Å². The second-order valence-electron chi connectivity index (χ2n) is 11.0. The van der Waals surface area contributed by atoms with Crippen LogP contribution in [0.25, 0.3) is 11.6 Å². The smallest absolute Gasteiger partial charge is 0.360 e. The van der Waals surface area contributed by atoms with E-state index in [0.29, 0.717) is 23.6 Å². The van der Waals surface area contributed by atoms with Crippen LogP contribution in [0, 0.1) is 12.8 Å². The maximum atomic E-state index is 13.2. The average Bonchev–Trinajstić information content (AvgIpc) is 3.70. The second-order valence-corrected chi connectivity index (χ2v) is 11.0. The molecule has 0 saturated carbocycles. The highest BCUT2D eigenvalue weighted by molar-refractivity contribution is 5.89. The molecule has 1 unspecified atom stereocenters. The summed E-state index contributed by atoms with van der Waals surface area (Å²) in [6, 6.07) is 12.4. The van der Waals surface area contributed by atoms with Crippen LogP contribution in [0.1, 0.15) is 64.5 Å². The summed E-state index contributed by atoms with van der Waals surface area (Å²) in [6.07, 6.45) is -0.245. The zero-order valence-electron chi connectivity index (χ0n) is 23.0. The van der Waals surface area contributed by atoms with E-state index in [1.807, 2.05) is 56.3 Å². The first-order valence-corrected chi connectivity index (χ1v) is 13.5. The summed E-state index contributed by atoms with van der Waals surface area (Å²) in [6.45, 7) is 5.56. The monoisotopic (exact) mass is 555 g/mol. The molecular formula is C30H29N5O6. The lowest BCUT2D eigenvalue weighted by molar-refractivity contribution is -0.123. The number of anilines is 1. The summed E-state index contributed by atoms with van der Waals surface area (Å²) >= 11 is 0. The number of benzene rings is 2. The van der Waals surface area contributed by atoms with Gasteiger partial charge in [0.25, 0.3) is 0 Å². The van der Waals surface area contributed by atoms with Crippen LogP contribution in [-0.4, -0.2) is 41.2 Å². The number of fused-ring (bicyclic) bond motifs is 4. The molecule has 11 nitrogen and oxygen atoms in total. The number of aryl methyl sites for hydroxylation is 1. The molecule has 0 aliphatic carbocycles. The maximum absolute atomic E-state index is 13.2. The number of aromatic nitrogens is 2. The van der Waals surface area contributed by atoms with Crippen molar-refractivity contribution in [3.05, 3.63) is 82.3 Å². The number of rotatable bonds is 3. The van der Waals surface area contributed by atoms with Crippen LogP contribution in [0.4, 0.5) is 5.69 Å². The minimum Gasteiger partial charge on any atom is -0.469 e. The van der Waals surface area contributed by atoms with Gasteiger partial charge in [0.15, 0.2) is 23.4 Å². The number of nitrogens with one attached hydrogen (secondary N) is 2. The standard InChI is InChI=1S/C30H29N5O6/c1-13(2)21-26-35-23(27-34-22(14(3)39-27)28(37)38-4)24(41-26)30-16-7-5-6-8-19(16)32-29(30)40-20-10-9-15(11-17(20)30)12-18(31)25(36)33-21/h5-11,13,18,21,29,32H,12,31H2,1-4H3,(H,33,36)/t18-,21-,29?,30-/m0/s1. The Labute approximate surface area is 235 Å². The fourth-order valence-corrected chi connectivity index (χ4v) is 6.14. The molecule has 4 aromatic rings. The van der Waals surface area contributed by atoms with Crippen LogP contribution < -0.4 is 21.1 Å². The molecule has 210 valence electrons. The van der Waals surface area contributed by atoms with Gasteiger partial charge in [-0.25, -0.2) is 14.8 Å². The van der Waals surface area contributed by atoms with Crippen LogP contribution in [0.5, 0.6) is 5.75 Å². The first-order chi connectivity index (χ1) is 19.7. The fraction of sp³-hybridized carbons (Fsp3) is 0.333. The third kappa shape index (κ3) is 3.54. The Morgan fingerprint density at radius 2 is 1.93 bits per heavy atom. The third-order valence-electron chi connectivity index (χ3n) is 8.15. The first kappa shape index (κ1) is 25.3. The van der Waals surface area contributed by atoms with Crippen molar-refractivity contribution in [2.24, 2.45) is 11.7 Å². The van der Waals surface area contributed by atoms with Gasteiger partial charge in [0.1, 0.15) is 23.0 Å². The maximum Gasteiger partial charge on any atom is 0.360 e. The Morgan fingerprint density at radius 3 is 2.71 bits per heavy atom. The predicted octanol–water partition coefficient (Wildman–Crippen LogP) is 3.60. The van der Waals surface area contributed by atoms with Crippen molar-refractivity contribution < 1.29 is 27.9 Å². The minimum atomic E-state index is -0.995. The van der Waals surface area contributed by atoms with Gasteiger partial charge in [0.2, 0.25) is 17.7 Å². The number of oxazole rings is 2. The van der Waals surface area contributed by atoms with Crippen molar-refractivity contribution >= 4 is 17.6 Å². The zero-order chi connectivity index (χ0) is 28.6.